The summed E-state index contributed by atoms with van der Waals surface area (Å²) in [5.74, 6) is 1.38. The molecule has 0 amide bonds. The maximum Gasteiger partial charge on any atom is 0.279 e. The standard InChI is InChI=1S/C13H25N3O3S/c1-11(2)14-8-5-9-16(4)20(17,18)15-10-13-7-6-12(3)19-13/h6-7,11,14-15H,5,8-10H2,1-4H3. The summed E-state index contributed by atoms with van der Waals surface area (Å²) < 4.78 is 33.2. The van der Waals surface area contributed by atoms with Gasteiger partial charge in [-0.3, -0.25) is 0 Å². The molecule has 2 N–H and O–H groups in total. The first-order chi connectivity index (χ1) is 9.31. The van der Waals surface area contributed by atoms with Crippen LogP contribution in [-0.2, 0) is 16.8 Å². The van der Waals surface area contributed by atoms with E-state index in [1.54, 1.807) is 13.1 Å². The lowest BCUT2D eigenvalue weighted by atomic mass is 10.3. The molecule has 0 radical (unpaired) electrons. The molecule has 7 heteroatoms. The molecule has 0 aliphatic carbocycles. The van der Waals surface area contributed by atoms with E-state index in [1.807, 2.05) is 13.0 Å². The Morgan fingerprint density at radius 3 is 2.60 bits per heavy atom. The Labute approximate surface area is 121 Å². The molecule has 6 nitrogen and oxygen atoms in total. The average molecular weight is 303 g/mol. The fourth-order valence-corrected chi connectivity index (χ4v) is 2.58. The van der Waals surface area contributed by atoms with Gasteiger partial charge in [0, 0.05) is 19.6 Å². The zero-order chi connectivity index (χ0) is 15.2. The topological polar surface area (TPSA) is 74.6 Å². The van der Waals surface area contributed by atoms with Gasteiger partial charge in [-0.05, 0) is 32.0 Å². The van der Waals surface area contributed by atoms with Crippen LogP contribution in [0.25, 0.3) is 0 Å². The van der Waals surface area contributed by atoms with Crippen molar-refractivity contribution in [2.45, 2.75) is 39.8 Å². The molecule has 0 bridgehead atoms. The number of nitrogens with zero attached hydrogens (tertiary/aromatic N) is 1. The Bertz CT molecular complexity index is 497. The smallest absolute Gasteiger partial charge is 0.279 e. The second-order valence-electron chi connectivity index (χ2n) is 5.12. The molecular formula is C13H25N3O3S. The van der Waals surface area contributed by atoms with Gasteiger partial charge in [-0.15, -0.1) is 0 Å². The van der Waals surface area contributed by atoms with Crippen LogP contribution in [0.5, 0.6) is 0 Å². The number of nitrogens with one attached hydrogen (secondary N) is 2. The Kier molecular flexibility index (Phi) is 6.67. The number of hydrogen-bond acceptors (Lipinski definition) is 4. The third-order valence-corrected chi connectivity index (χ3v) is 4.35. The Balaban J connectivity index is 2.35. The van der Waals surface area contributed by atoms with Gasteiger partial charge in [0.2, 0.25) is 0 Å². The van der Waals surface area contributed by atoms with Crippen LogP contribution in [0, 0.1) is 6.92 Å². The van der Waals surface area contributed by atoms with Gasteiger partial charge in [0.1, 0.15) is 11.5 Å². The predicted octanol–water partition coefficient (Wildman–Crippen LogP) is 1.24. The van der Waals surface area contributed by atoms with Crippen LogP contribution in [0.15, 0.2) is 16.5 Å². The molecule has 0 saturated carbocycles. The van der Waals surface area contributed by atoms with Gasteiger partial charge < -0.3 is 9.73 Å². The van der Waals surface area contributed by atoms with E-state index in [1.165, 1.54) is 4.31 Å². The molecule has 0 aromatic carbocycles. The second kappa shape index (κ2) is 7.78. The highest BCUT2D eigenvalue weighted by Crippen LogP contribution is 2.06. The van der Waals surface area contributed by atoms with E-state index >= 15 is 0 Å². The summed E-state index contributed by atoms with van der Waals surface area (Å²) in [6.07, 6.45) is 0.773. The lowest BCUT2D eigenvalue weighted by Gasteiger charge is -2.17. The third-order valence-electron chi connectivity index (χ3n) is 2.84. The van der Waals surface area contributed by atoms with Crippen molar-refractivity contribution in [3.05, 3.63) is 23.7 Å². The van der Waals surface area contributed by atoms with Crippen molar-refractivity contribution < 1.29 is 12.8 Å². The van der Waals surface area contributed by atoms with Gasteiger partial charge in [0.05, 0.1) is 6.54 Å². The van der Waals surface area contributed by atoms with Crippen molar-refractivity contribution in [3.63, 3.8) is 0 Å². The highest BCUT2D eigenvalue weighted by atomic mass is 32.2. The van der Waals surface area contributed by atoms with Crippen molar-refractivity contribution in [1.29, 1.82) is 0 Å². The molecule has 0 atom stereocenters. The number of aryl methyl sites for hydroxylation is 1. The first kappa shape index (κ1) is 17.2. The Morgan fingerprint density at radius 1 is 1.35 bits per heavy atom. The normalized spacial score (nSPS) is 12.5. The van der Waals surface area contributed by atoms with Crippen molar-refractivity contribution >= 4 is 10.2 Å². The van der Waals surface area contributed by atoms with Gasteiger partial charge >= 0.3 is 0 Å². The quantitative estimate of drug-likeness (QED) is 0.673. The van der Waals surface area contributed by atoms with E-state index in [0.717, 1.165) is 18.7 Å². The van der Waals surface area contributed by atoms with Crippen molar-refractivity contribution in [1.82, 2.24) is 14.3 Å². The molecule has 0 fully saturated rings. The SMILES string of the molecule is Cc1ccc(CNS(=O)(=O)N(C)CCCNC(C)C)o1. The van der Waals surface area contributed by atoms with Crippen LogP contribution in [0.4, 0.5) is 0 Å². The van der Waals surface area contributed by atoms with Crippen molar-refractivity contribution in [2.75, 3.05) is 20.1 Å². The summed E-state index contributed by atoms with van der Waals surface area (Å²) in [5, 5.41) is 3.26. The molecule has 1 heterocycles. The predicted molar refractivity (Wildman–Crippen MR) is 79.6 cm³/mol. The molecule has 0 aliphatic rings. The molecule has 0 spiro atoms. The molecule has 1 rings (SSSR count). The molecule has 0 saturated heterocycles. The summed E-state index contributed by atoms with van der Waals surface area (Å²) in [6, 6.07) is 3.99. The first-order valence-electron chi connectivity index (χ1n) is 6.81. The summed E-state index contributed by atoms with van der Waals surface area (Å²) in [5.41, 5.74) is 0. The molecule has 0 aliphatic heterocycles. The number of furan rings is 1. The van der Waals surface area contributed by atoms with Crippen LogP contribution in [0.2, 0.25) is 0 Å². The van der Waals surface area contributed by atoms with Gasteiger partial charge in [-0.25, -0.2) is 0 Å². The lowest BCUT2D eigenvalue weighted by Crippen LogP contribution is -2.39. The average Bonchev–Trinajstić information content (AvgIpc) is 2.77. The van der Waals surface area contributed by atoms with E-state index in [-0.39, 0.29) is 6.54 Å². The van der Waals surface area contributed by atoms with E-state index in [4.69, 9.17) is 4.42 Å². The monoisotopic (exact) mass is 303 g/mol. The molecule has 116 valence electrons. The second-order valence-corrected chi connectivity index (χ2v) is 6.98. The van der Waals surface area contributed by atoms with E-state index in [9.17, 15) is 8.42 Å². The molecule has 20 heavy (non-hydrogen) atoms. The summed E-state index contributed by atoms with van der Waals surface area (Å²) in [6.45, 7) is 7.40. The highest BCUT2D eigenvalue weighted by Gasteiger charge is 2.17. The fourth-order valence-electron chi connectivity index (χ4n) is 1.67. The summed E-state index contributed by atoms with van der Waals surface area (Å²) >= 11 is 0. The number of rotatable bonds is 9. The van der Waals surface area contributed by atoms with Crippen LogP contribution in [0.3, 0.4) is 0 Å². The number of hydrogen-bond donors (Lipinski definition) is 2. The van der Waals surface area contributed by atoms with E-state index in [2.05, 4.69) is 23.9 Å². The minimum Gasteiger partial charge on any atom is -0.465 e. The third kappa shape index (κ3) is 6.04. The summed E-state index contributed by atoms with van der Waals surface area (Å²) in [7, 11) is -1.88. The molecule has 1 aromatic heterocycles. The van der Waals surface area contributed by atoms with E-state index < -0.39 is 10.2 Å². The minimum absolute atomic E-state index is 0.171. The summed E-state index contributed by atoms with van der Waals surface area (Å²) in [4.78, 5) is 0. The fraction of sp³-hybridized carbons (Fsp3) is 0.692. The largest absolute Gasteiger partial charge is 0.465 e. The first-order valence-corrected chi connectivity index (χ1v) is 8.25. The van der Waals surface area contributed by atoms with Gasteiger partial charge in [-0.1, -0.05) is 13.8 Å². The maximum atomic E-state index is 12.0. The van der Waals surface area contributed by atoms with Crippen LogP contribution in [-0.4, -0.2) is 38.9 Å². The van der Waals surface area contributed by atoms with Gasteiger partial charge in [0.15, 0.2) is 0 Å². The Hall–Kier alpha value is -0.890. The molecule has 0 unspecified atom stereocenters. The maximum absolute atomic E-state index is 12.0. The van der Waals surface area contributed by atoms with Crippen molar-refractivity contribution in [2.24, 2.45) is 0 Å². The molecule has 1 aromatic rings. The zero-order valence-corrected chi connectivity index (χ0v) is 13.5. The van der Waals surface area contributed by atoms with Crippen molar-refractivity contribution in [3.8, 4) is 0 Å². The van der Waals surface area contributed by atoms with E-state index in [0.29, 0.717) is 18.3 Å². The van der Waals surface area contributed by atoms with Gasteiger partial charge in [0.25, 0.3) is 10.2 Å². The highest BCUT2D eigenvalue weighted by molar-refractivity contribution is 7.87. The van der Waals surface area contributed by atoms with Crippen LogP contribution in [0.1, 0.15) is 31.8 Å². The lowest BCUT2D eigenvalue weighted by molar-refractivity contribution is 0.430. The van der Waals surface area contributed by atoms with Crippen LogP contribution >= 0.6 is 0 Å². The minimum atomic E-state index is -3.45. The van der Waals surface area contributed by atoms with Crippen LogP contribution < -0.4 is 10.0 Å². The Morgan fingerprint density at radius 2 is 2.05 bits per heavy atom. The zero-order valence-electron chi connectivity index (χ0n) is 12.6. The molecular weight excluding hydrogens is 278 g/mol. The van der Waals surface area contributed by atoms with Gasteiger partial charge in [-0.2, -0.15) is 17.4 Å².